The fourth-order valence-corrected chi connectivity index (χ4v) is 3.80. The molecule has 3 rings (SSSR count). The first-order valence-electron chi connectivity index (χ1n) is 9.68. The molecule has 0 saturated carbocycles. The van der Waals surface area contributed by atoms with Crippen LogP contribution in [0, 0.1) is 39.9 Å². The number of rotatable bonds is 6. The maximum Gasteiger partial charge on any atom is 0 e. The van der Waals surface area contributed by atoms with Crippen LogP contribution in [0.5, 0.6) is 0 Å². The van der Waals surface area contributed by atoms with Gasteiger partial charge in [0.15, 0.2) is 0 Å². The number of nitrogens with zero attached hydrogens (tertiary/aromatic N) is 1. The first-order valence-corrected chi connectivity index (χ1v) is 10.1. The van der Waals surface area contributed by atoms with Crippen LogP contribution >= 0.6 is 11.6 Å². The Bertz CT molecular complexity index is 850. The number of benzene rings is 2. The summed E-state index contributed by atoms with van der Waals surface area (Å²) in [6.07, 6.45) is 4.23. The summed E-state index contributed by atoms with van der Waals surface area (Å²) in [7, 11) is 0. The maximum atomic E-state index is 11.5. The van der Waals surface area contributed by atoms with Gasteiger partial charge in [0.1, 0.15) is 5.60 Å². The molecular formula is C26H24ClCo2NO7. The van der Waals surface area contributed by atoms with Crippen LogP contribution in [-0.4, -0.2) is 29.6 Å². The average molecular weight is 616 g/mol. The van der Waals surface area contributed by atoms with Crippen LogP contribution in [0.4, 0.5) is 0 Å². The second-order valence-electron chi connectivity index (χ2n) is 6.36. The van der Waals surface area contributed by atoms with Crippen molar-refractivity contribution in [1.29, 1.82) is 0 Å². The summed E-state index contributed by atoms with van der Waals surface area (Å²) in [6.45, 7) is 30.4. The maximum absolute atomic E-state index is 11.5. The van der Waals surface area contributed by atoms with Gasteiger partial charge in [0.2, 0.25) is 0 Å². The predicted molar refractivity (Wildman–Crippen MR) is 119 cm³/mol. The van der Waals surface area contributed by atoms with Gasteiger partial charge in [-0.3, -0.25) is 0 Å². The summed E-state index contributed by atoms with van der Waals surface area (Å²) in [6, 6.07) is 17.5. The van der Waals surface area contributed by atoms with E-state index in [0.717, 1.165) is 24.1 Å². The third kappa shape index (κ3) is 18.9. The number of hydrogen-bond acceptors (Lipinski definition) is 2. The molecule has 0 bridgehead atoms. The predicted octanol–water partition coefficient (Wildman–Crippen LogP) is 4.22. The molecule has 1 N–H and O–H groups in total. The van der Waals surface area contributed by atoms with Crippen LogP contribution in [0.3, 0.4) is 0 Å². The molecule has 1 saturated heterocycles. The second kappa shape index (κ2) is 36.3. The molecule has 1 fully saturated rings. The fraction of sp³-hybridized carbons (Fsp3) is 0.308. The fourth-order valence-electron chi connectivity index (χ4n) is 3.51. The molecule has 37 heavy (non-hydrogen) atoms. The van der Waals surface area contributed by atoms with E-state index < -0.39 is 5.60 Å². The van der Waals surface area contributed by atoms with Gasteiger partial charge in [-0.1, -0.05) is 60.1 Å². The molecule has 0 spiro atoms. The molecule has 200 valence electrons. The molecule has 2 radical (unpaired) electrons. The van der Waals surface area contributed by atoms with Gasteiger partial charge in [-0.15, -0.1) is 0 Å². The van der Waals surface area contributed by atoms with Crippen molar-refractivity contribution in [2.45, 2.75) is 31.3 Å². The van der Waals surface area contributed by atoms with Gasteiger partial charge in [-0.25, -0.2) is 0 Å². The minimum absolute atomic E-state index is 0. The molecule has 1 atom stereocenters. The standard InChI is InChI=1S/C20H24ClNO.6CO.2Co/c21-19-12-5-4-11-18(19)20(23,17-9-2-1-3-10-17)13-8-16-22-14-6-7-15-22;6*1-2;;/h1-5,9-12,23H,6-8,13-16H2;;;;;;;;. The van der Waals surface area contributed by atoms with E-state index in [0.29, 0.717) is 11.4 Å². The molecule has 1 aliphatic rings. The summed E-state index contributed by atoms with van der Waals surface area (Å²) in [4.78, 5) is 2.48. The Morgan fingerprint density at radius 1 is 0.703 bits per heavy atom. The molecule has 1 unspecified atom stereocenters. The molecule has 11 heteroatoms. The molecule has 1 heterocycles. The van der Waals surface area contributed by atoms with Crippen molar-refractivity contribution < 1.29 is 66.6 Å². The molecular weight excluding hydrogens is 592 g/mol. The Kier molecular flexibility index (Phi) is 47.2. The number of halogens is 1. The van der Waals surface area contributed by atoms with Crippen molar-refractivity contribution >= 4 is 11.6 Å². The Morgan fingerprint density at radius 3 is 1.54 bits per heavy atom. The third-order valence-corrected chi connectivity index (χ3v) is 5.11. The van der Waals surface area contributed by atoms with E-state index in [9.17, 15) is 5.11 Å². The van der Waals surface area contributed by atoms with E-state index in [1.54, 1.807) is 0 Å². The molecule has 0 amide bonds. The largest absolute Gasteiger partial charge is 0 e. The van der Waals surface area contributed by atoms with E-state index >= 15 is 0 Å². The Morgan fingerprint density at radius 2 is 1.11 bits per heavy atom. The smallest absolute Gasteiger partial charge is 0 e. The second-order valence-corrected chi connectivity index (χ2v) is 6.77. The van der Waals surface area contributed by atoms with Gasteiger partial charge in [0.05, 0.1) is 0 Å². The van der Waals surface area contributed by atoms with E-state index in [1.807, 2.05) is 54.6 Å². The quantitative estimate of drug-likeness (QED) is 0.384. The minimum atomic E-state index is -1.03. The molecule has 0 aromatic heterocycles. The van der Waals surface area contributed by atoms with E-state index in [2.05, 4.69) is 44.8 Å². The van der Waals surface area contributed by atoms with Gasteiger partial charge in [0.25, 0.3) is 0 Å². The van der Waals surface area contributed by atoms with Gasteiger partial charge in [-0.2, -0.15) is 0 Å². The van der Waals surface area contributed by atoms with E-state index in [4.69, 9.17) is 39.5 Å². The average Bonchev–Trinajstić information content (AvgIpc) is 3.49. The molecule has 2 aromatic rings. The van der Waals surface area contributed by atoms with Gasteiger partial charge >= 0.3 is 67.8 Å². The van der Waals surface area contributed by atoms with Gasteiger partial charge in [-0.05, 0) is 56.9 Å². The Balaban J connectivity index is -0.000000152. The topological polar surface area (TPSA) is 143 Å². The SMILES string of the molecule is OC(CCCN1CCCC1)(c1ccccc1)c1ccccc1Cl.[C-]#[O+].[C-]#[O+].[C-]#[O+].[C-]#[O+].[C-]#[O+].[C-]#[O+].[Co].[Co]. The van der Waals surface area contributed by atoms with Crippen LogP contribution in [0.2, 0.25) is 5.02 Å². The molecule has 1 aliphatic heterocycles. The van der Waals surface area contributed by atoms with Crippen LogP contribution in [0.15, 0.2) is 54.6 Å². The normalized spacial score (nSPS) is 11.5. The summed E-state index contributed by atoms with van der Waals surface area (Å²) in [5.41, 5.74) is 0.683. The van der Waals surface area contributed by atoms with Crippen LogP contribution < -0.4 is 0 Å². The number of aliphatic hydroxyl groups is 1. The van der Waals surface area contributed by atoms with Crippen molar-refractivity contribution in [3.05, 3.63) is 111 Å². The Labute approximate surface area is 243 Å². The zero-order chi connectivity index (χ0) is 28.1. The first-order chi connectivity index (χ1) is 17.2. The molecule has 0 aliphatic carbocycles. The molecule has 8 nitrogen and oxygen atoms in total. The van der Waals surface area contributed by atoms with Gasteiger partial charge < -0.3 is 10.0 Å². The monoisotopic (exact) mass is 615 g/mol. The zero-order valence-corrected chi connectivity index (χ0v) is 22.4. The summed E-state index contributed by atoms with van der Waals surface area (Å²) in [5, 5.41) is 12.1. The van der Waals surface area contributed by atoms with Crippen molar-refractivity contribution in [1.82, 2.24) is 4.90 Å². The summed E-state index contributed by atoms with van der Waals surface area (Å²) < 4.78 is 45.0. The number of hydrogen-bond donors (Lipinski definition) is 1. The molecule has 2 aromatic carbocycles. The Hall–Kier alpha value is -1.90. The van der Waals surface area contributed by atoms with Gasteiger partial charge in [0, 0.05) is 44.1 Å². The van der Waals surface area contributed by atoms with Crippen molar-refractivity contribution in [2.24, 2.45) is 0 Å². The van der Waals surface area contributed by atoms with Crippen molar-refractivity contribution in [3.63, 3.8) is 0 Å². The number of likely N-dealkylation sites (tertiary alicyclic amines) is 1. The third-order valence-electron chi connectivity index (χ3n) is 4.78. The summed E-state index contributed by atoms with van der Waals surface area (Å²) in [5.74, 6) is 0. The van der Waals surface area contributed by atoms with E-state index in [1.165, 1.54) is 25.9 Å². The van der Waals surface area contributed by atoms with E-state index in [-0.39, 0.29) is 33.6 Å². The van der Waals surface area contributed by atoms with Crippen molar-refractivity contribution in [3.8, 4) is 0 Å². The van der Waals surface area contributed by atoms with Crippen LogP contribution in [-0.2, 0) is 67.1 Å². The van der Waals surface area contributed by atoms with Crippen LogP contribution in [0.25, 0.3) is 0 Å². The van der Waals surface area contributed by atoms with Crippen molar-refractivity contribution in [2.75, 3.05) is 19.6 Å². The first kappa shape index (κ1) is 48.2. The minimum Gasteiger partial charge on any atom is 0 e. The zero-order valence-electron chi connectivity index (χ0n) is 19.5. The summed E-state index contributed by atoms with van der Waals surface area (Å²) >= 11 is 6.39. The van der Waals surface area contributed by atoms with Crippen LogP contribution in [0.1, 0.15) is 36.8 Å².